The Bertz CT molecular complexity index is 171. The topological polar surface area (TPSA) is 30.5 Å². The summed E-state index contributed by atoms with van der Waals surface area (Å²) < 4.78 is 11.2. The molecule has 3 nitrogen and oxygen atoms in total. The highest BCUT2D eigenvalue weighted by molar-refractivity contribution is 4.84. The maximum atomic E-state index is 5.66. The Labute approximate surface area is 93.5 Å². The SMILES string of the molecule is CN[C@H]1C[C@@H](OCCOCC(C)(C)C)C1. The van der Waals surface area contributed by atoms with Crippen LogP contribution >= 0.6 is 0 Å². The molecule has 0 amide bonds. The van der Waals surface area contributed by atoms with Gasteiger partial charge in [-0.15, -0.1) is 0 Å². The van der Waals surface area contributed by atoms with E-state index in [1.165, 1.54) is 0 Å². The molecular weight excluding hydrogens is 190 g/mol. The Balaban J connectivity index is 1.86. The number of hydrogen-bond acceptors (Lipinski definition) is 3. The maximum Gasteiger partial charge on any atom is 0.0704 e. The quantitative estimate of drug-likeness (QED) is 0.686. The summed E-state index contributed by atoms with van der Waals surface area (Å²) in [4.78, 5) is 0. The van der Waals surface area contributed by atoms with E-state index in [1.54, 1.807) is 0 Å². The van der Waals surface area contributed by atoms with Crippen molar-refractivity contribution in [2.75, 3.05) is 26.9 Å². The van der Waals surface area contributed by atoms with Crippen LogP contribution in [-0.2, 0) is 9.47 Å². The smallest absolute Gasteiger partial charge is 0.0704 e. The van der Waals surface area contributed by atoms with Gasteiger partial charge in [-0.25, -0.2) is 0 Å². The third kappa shape index (κ3) is 5.50. The van der Waals surface area contributed by atoms with Gasteiger partial charge in [-0.05, 0) is 25.3 Å². The monoisotopic (exact) mass is 215 g/mol. The van der Waals surface area contributed by atoms with E-state index in [0.29, 0.717) is 12.1 Å². The summed E-state index contributed by atoms with van der Waals surface area (Å²) >= 11 is 0. The first-order valence-electron chi connectivity index (χ1n) is 5.88. The first kappa shape index (κ1) is 12.9. The lowest BCUT2D eigenvalue weighted by Crippen LogP contribution is -2.44. The highest BCUT2D eigenvalue weighted by atomic mass is 16.5. The van der Waals surface area contributed by atoms with Crippen molar-refractivity contribution in [2.45, 2.75) is 45.8 Å². The van der Waals surface area contributed by atoms with Gasteiger partial charge in [-0.1, -0.05) is 20.8 Å². The lowest BCUT2D eigenvalue weighted by molar-refractivity contribution is -0.0482. The minimum Gasteiger partial charge on any atom is -0.379 e. The summed E-state index contributed by atoms with van der Waals surface area (Å²) in [6, 6.07) is 0.672. The second-order valence-electron chi connectivity index (χ2n) is 5.56. The van der Waals surface area contributed by atoms with Crippen molar-refractivity contribution < 1.29 is 9.47 Å². The molecule has 1 rings (SSSR count). The Morgan fingerprint density at radius 2 is 1.87 bits per heavy atom. The van der Waals surface area contributed by atoms with Gasteiger partial charge in [0.25, 0.3) is 0 Å². The Hall–Kier alpha value is -0.120. The van der Waals surface area contributed by atoms with Crippen molar-refractivity contribution in [2.24, 2.45) is 5.41 Å². The molecule has 0 aromatic carbocycles. The van der Waals surface area contributed by atoms with E-state index in [4.69, 9.17) is 9.47 Å². The van der Waals surface area contributed by atoms with Crippen molar-refractivity contribution in [1.29, 1.82) is 0 Å². The van der Waals surface area contributed by atoms with Crippen LogP contribution in [0.25, 0.3) is 0 Å². The molecule has 0 heterocycles. The van der Waals surface area contributed by atoms with E-state index in [-0.39, 0.29) is 5.41 Å². The summed E-state index contributed by atoms with van der Waals surface area (Å²) in [5.41, 5.74) is 0.258. The molecule has 90 valence electrons. The van der Waals surface area contributed by atoms with E-state index in [1.807, 2.05) is 7.05 Å². The molecule has 0 aromatic heterocycles. The van der Waals surface area contributed by atoms with Crippen molar-refractivity contribution in [3.05, 3.63) is 0 Å². The van der Waals surface area contributed by atoms with E-state index >= 15 is 0 Å². The summed E-state index contributed by atoms with van der Waals surface area (Å²) in [7, 11) is 2.01. The largest absolute Gasteiger partial charge is 0.379 e. The van der Waals surface area contributed by atoms with Gasteiger partial charge in [0.1, 0.15) is 0 Å². The minimum atomic E-state index is 0.258. The first-order chi connectivity index (χ1) is 7.01. The summed E-state index contributed by atoms with van der Waals surface area (Å²) in [6.45, 7) is 8.79. The Morgan fingerprint density at radius 3 is 2.40 bits per heavy atom. The molecule has 0 aromatic rings. The van der Waals surface area contributed by atoms with Crippen LogP contribution in [0.15, 0.2) is 0 Å². The number of ether oxygens (including phenoxy) is 2. The van der Waals surface area contributed by atoms with Crippen molar-refractivity contribution >= 4 is 0 Å². The fraction of sp³-hybridized carbons (Fsp3) is 1.00. The number of nitrogens with one attached hydrogen (secondary N) is 1. The first-order valence-corrected chi connectivity index (χ1v) is 5.88. The summed E-state index contributed by atoms with van der Waals surface area (Å²) in [5.74, 6) is 0. The molecule has 0 radical (unpaired) electrons. The number of rotatable bonds is 6. The molecule has 3 heteroatoms. The second kappa shape index (κ2) is 5.83. The molecule has 0 unspecified atom stereocenters. The van der Waals surface area contributed by atoms with Crippen LogP contribution in [0.1, 0.15) is 33.6 Å². The molecule has 15 heavy (non-hydrogen) atoms. The van der Waals surface area contributed by atoms with Crippen molar-refractivity contribution in [3.63, 3.8) is 0 Å². The van der Waals surface area contributed by atoms with Crippen LogP contribution in [0.3, 0.4) is 0 Å². The predicted molar refractivity (Wildman–Crippen MR) is 62.1 cm³/mol. The van der Waals surface area contributed by atoms with Gasteiger partial charge < -0.3 is 14.8 Å². The zero-order valence-corrected chi connectivity index (χ0v) is 10.5. The van der Waals surface area contributed by atoms with Gasteiger partial charge in [-0.2, -0.15) is 0 Å². The lowest BCUT2D eigenvalue weighted by atomic mass is 9.89. The molecule has 0 atom stereocenters. The van der Waals surface area contributed by atoms with E-state index in [9.17, 15) is 0 Å². The van der Waals surface area contributed by atoms with E-state index in [2.05, 4.69) is 26.1 Å². The van der Waals surface area contributed by atoms with Gasteiger partial charge >= 0.3 is 0 Å². The Morgan fingerprint density at radius 1 is 1.20 bits per heavy atom. The fourth-order valence-electron chi connectivity index (χ4n) is 1.59. The zero-order chi connectivity index (χ0) is 11.3. The average molecular weight is 215 g/mol. The normalized spacial score (nSPS) is 26.4. The van der Waals surface area contributed by atoms with Crippen LogP contribution < -0.4 is 5.32 Å². The van der Waals surface area contributed by atoms with E-state index < -0.39 is 0 Å². The molecule has 1 aliphatic carbocycles. The molecular formula is C12H25NO2. The molecule has 1 N–H and O–H groups in total. The summed E-state index contributed by atoms with van der Waals surface area (Å²) in [6.07, 6.45) is 2.76. The molecule has 0 aliphatic heterocycles. The third-order valence-corrected chi connectivity index (χ3v) is 2.62. The van der Waals surface area contributed by atoms with Crippen LogP contribution in [0, 0.1) is 5.41 Å². The standard InChI is InChI=1S/C12H25NO2/c1-12(2,3)9-14-5-6-15-11-7-10(8-11)13-4/h10-11,13H,5-9H2,1-4H3/t10-,11+. The highest BCUT2D eigenvalue weighted by Gasteiger charge is 2.28. The van der Waals surface area contributed by atoms with Crippen LogP contribution in [0.5, 0.6) is 0 Å². The van der Waals surface area contributed by atoms with Crippen molar-refractivity contribution in [3.8, 4) is 0 Å². The lowest BCUT2D eigenvalue weighted by Gasteiger charge is -2.34. The second-order valence-corrected chi connectivity index (χ2v) is 5.56. The Kier molecular flexibility index (Phi) is 5.03. The van der Waals surface area contributed by atoms with E-state index in [0.717, 1.165) is 32.7 Å². The molecule has 1 aliphatic rings. The zero-order valence-electron chi connectivity index (χ0n) is 10.5. The minimum absolute atomic E-state index is 0.258. The van der Waals surface area contributed by atoms with Crippen LogP contribution in [0.4, 0.5) is 0 Å². The van der Waals surface area contributed by atoms with Crippen LogP contribution in [-0.4, -0.2) is 39.0 Å². The van der Waals surface area contributed by atoms with Gasteiger partial charge in [0.2, 0.25) is 0 Å². The molecule has 1 saturated carbocycles. The number of hydrogen-bond donors (Lipinski definition) is 1. The predicted octanol–water partition coefficient (Wildman–Crippen LogP) is 1.82. The highest BCUT2D eigenvalue weighted by Crippen LogP contribution is 2.22. The summed E-state index contributed by atoms with van der Waals surface area (Å²) in [5, 5.41) is 3.24. The van der Waals surface area contributed by atoms with Crippen molar-refractivity contribution in [1.82, 2.24) is 5.32 Å². The van der Waals surface area contributed by atoms with Gasteiger partial charge in [0, 0.05) is 6.04 Å². The van der Waals surface area contributed by atoms with Gasteiger partial charge in [0.05, 0.1) is 25.9 Å². The van der Waals surface area contributed by atoms with Gasteiger partial charge in [-0.3, -0.25) is 0 Å². The molecule has 1 fully saturated rings. The fourth-order valence-corrected chi connectivity index (χ4v) is 1.59. The third-order valence-electron chi connectivity index (χ3n) is 2.62. The average Bonchev–Trinajstić information content (AvgIpc) is 2.05. The maximum absolute atomic E-state index is 5.66. The van der Waals surface area contributed by atoms with Gasteiger partial charge in [0.15, 0.2) is 0 Å². The molecule has 0 saturated heterocycles. The molecule has 0 spiro atoms. The van der Waals surface area contributed by atoms with Crippen LogP contribution in [0.2, 0.25) is 0 Å². The molecule has 0 bridgehead atoms.